The van der Waals surface area contributed by atoms with Crippen LogP contribution in [-0.2, 0) is 0 Å². The molecule has 6 heteroatoms. The molecule has 1 aromatic rings. The van der Waals surface area contributed by atoms with Crippen molar-refractivity contribution in [1.82, 2.24) is 0 Å². The van der Waals surface area contributed by atoms with E-state index < -0.39 is 10.9 Å². The lowest BCUT2D eigenvalue weighted by Crippen LogP contribution is -2.25. The third-order valence-electron chi connectivity index (χ3n) is 3.12. The monoisotopic (exact) mass is 251 g/mol. The normalized spacial score (nSPS) is 14.9. The zero-order valence-electron chi connectivity index (χ0n) is 9.88. The molecule has 1 aromatic carbocycles. The number of rotatable bonds is 4. The summed E-state index contributed by atoms with van der Waals surface area (Å²) in [5.41, 5.74) is 0.0303. The predicted molar refractivity (Wildman–Crippen MR) is 63.1 cm³/mol. The lowest BCUT2D eigenvalue weighted by Gasteiger charge is -2.27. The third kappa shape index (κ3) is 2.27. The third-order valence-corrected chi connectivity index (χ3v) is 3.12. The van der Waals surface area contributed by atoms with Crippen molar-refractivity contribution in [3.8, 4) is 5.75 Å². The number of ether oxygens (including phenoxy) is 1. The van der Waals surface area contributed by atoms with Gasteiger partial charge in [-0.15, -0.1) is 0 Å². The van der Waals surface area contributed by atoms with Crippen LogP contribution in [0.2, 0.25) is 0 Å². The van der Waals surface area contributed by atoms with Gasteiger partial charge in [0, 0.05) is 6.07 Å². The summed E-state index contributed by atoms with van der Waals surface area (Å²) in [6.45, 7) is 1.57. The van der Waals surface area contributed by atoms with Gasteiger partial charge in [-0.2, -0.15) is 0 Å². The summed E-state index contributed by atoms with van der Waals surface area (Å²) < 4.78 is 5.59. The molecule has 0 radical (unpaired) electrons. The van der Waals surface area contributed by atoms with Crippen LogP contribution in [0.3, 0.4) is 0 Å². The summed E-state index contributed by atoms with van der Waals surface area (Å²) in [6.07, 6.45) is 2.94. The van der Waals surface area contributed by atoms with Gasteiger partial charge < -0.3 is 9.84 Å². The number of carboxylic acids is 1. The Morgan fingerprint density at radius 2 is 2.17 bits per heavy atom. The van der Waals surface area contributed by atoms with E-state index in [0.717, 1.165) is 25.3 Å². The molecule has 18 heavy (non-hydrogen) atoms. The highest BCUT2D eigenvalue weighted by Crippen LogP contribution is 2.33. The summed E-state index contributed by atoms with van der Waals surface area (Å²) in [6, 6.07) is 2.41. The first-order valence-corrected chi connectivity index (χ1v) is 5.68. The molecule has 0 saturated heterocycles. The second-order valence-electron chi connectivity index (χ2n) is 4.35. The minimum atomic E-state index is -1.20. The van der Waals surface area contributed by atoms with Crippen molar-refractivity contribution in [3.63, 3.8) is 0 Å². The Morgan fingerprint density at radius 3 is 2.61 bits per heavy atom. The minimum absolute atomic E-state index is 0.0485. The van der Waals surface area contributed by atoms with E-state index in [4.69, 9.17) is 9.84 Å². The zero-order chi connectivity index (χ0) is 13.3. The summed E-state index contributed by atoms with van der Waals surface area (Å²) in [7, 11) is 0. The molecule has 0 heterocycles. The lowest BCUT2D eigenvalue weighted by molar-refractivity contribution is -0.385. The average Bonchev–Trinajstić information content (AvgIpc) is 2.24. The average molecular weight is 251 g/mol. The Balaban J connectivity index is 2.41. The molecule has 1 fully saturated rings. The van der Waals surface area contributed by atoms with Gasteiger partial charge in [-0.05, 0) is 32.3 Å². The molecule has 0 bridgehead atoms. The van der Waals surface area contributed by atoms with Crippen LogP contribution in [0.25, 0.3) is 0 Å². The van der Waals surface area contributed by atoms with E-state index in [1.165, 1.54) is 6.07 Å². The van der Waals surface area contributed by atoms with Crippen LogP contribution in [0.5, 0.6) is 5.75 Å². The summed E-state index contributed by atoms with van der Waals surface area (Å²) in [4.78, 5) is 21.2. The van der Waals surface area contributed by atoms with E-state index in [0.29, 0.717) is 11.3 Å². The van der Waals surface area contributed by atoms with Gasteiger partial charge >= 0.3 is 5.97 Å². The molecular weight excluding hydrogens is 238 g/mol. The summed E-state index contributed by atoms with van der Waals surface area (Å²) in [5, 5.41) is 19.8. The fourth-order valence-corrected chi connectivity index (χ4v) is 1.78. The van der Waals surface area contributed by atoms with Crippen LogP contribution in [0.4, 0.5) is 5.69 Å². The standard InChI is InChI=1S/C12H13NO5/c1-7-10(13(16)17)5-8(12(14)15)6-11(7)18-9-3-2-4-9/h5-6,9H,2-4H2,1H3,(H,14,15). The fourth-order valence-electron chi connectivity index (χ4n) is 1.78. The van der Waals surface area contributed by atoms with Gasteiger partial charge in [0.15, 0.2) is 0 Å². The highest BCUT2D eigenvalue weighted by atomic mass is 16.6. The molecule has 1 saturated carbocycles. The van der Waals surface area contributed by atoms with Crippen LogP contribution in [0.1, 0.15) is 35.2 Å². The van der Waals surface area contributed by atoms with E-state index in [1.54, 1.807) is 6.92 Å². The number of aromatic carboxylic acids is 1. The number of nitro benzene ring substituents is 1. The molecule has 0 unspecified atom stereocenters. The maximum Gasteiger partial charge on any atom is 0.336 e. The first kappa shape index (κ1) is 12.3. The minimum Gasteiger partial charge on any atom is -0.490 e. The highest BCUT2D eigenvalue weighted by molar-refractivity contribution is 5.89. The zero-order valence-corrected chi connectivity index (χ0v) is 9.88. The number of carboxylic acid groups (broad SMARTS) is 1. The van der Waals surface area contributed by atoms with Gasteiger partial charge in [0.2, 0.25) is 0 Å². The molecule has 2 rings (SSSR count). The van der Waals surface area contributed by atoms with Gasteiger partial charge in [0.25, 0.3) is 5.69 Å². The Bertz CT molecular complexity index is 507. The molecule has 0 atom stereocenters. The van der Waals surface area contributed by atoms with Crippen molar-refractivity contribution in [3.05, 3.63) is 33.4 Å². The van der Waals surface area contributed by atoms with Gasteiger partial charge in [0.1, 0.15) is 5.75 Å². The molecule has 96 valence electrons. The summed E-state index contributed by atoms with van der Waals surface area (Å²) >= 11 is 0. The van der Waals surface area contributed by atoms with Gasteiger partial charge in [0.05, 0.1) is 22.2 Å². The highest BCUT2D eigenvalue weighted by Gasteiger charge is 2.24. The van der Waals surface area contributed by atoms with E-state index in [9.17, 15) is 14.9 Å². The largest absolute Gasteiger partial charge is 0.490 e. The van der Waals surface area contributed by atoms with Crippen molar-refractivity contribution >= 4 is 11.7 Å². The first-order chi connectivity index (χ1) is 8.49. The molecule has 6 nitrogen and oxygen atoms in total. The van der Waals surface area contributed by atoms with Crippen LogP contribution < -0.4 is 4.74 Å². The summed E-state index contributed by atoms with van der Waals surface area (Å²) in [5.74, 6) is -0.900. The van der Waals surface area contributed by atoms with E-state index in [1.807, 2.05) is 0 Å². The maximum absolute atomic E-state index is 10.9. The number of hydrogen-bond donors (Lipinski definition) is 1. The molecule has 0 spiro atoms. The van der Waals surface area contributed by atoms with Gasteiger partial charge in [-0.1, -0.05) is 0 Å². The lowest BCUT2D eigenvalue weighted by atomic mass is 9.96. The van der Waals surface area contributed by atoms with E-state index >= 15 is 0 Å². The van der Waals surface area contributed by atoms with Crippen LogP contribution in [0.15, 0.2) is 12.1 Å². The number of hydrogen-bond acceptors (Lipinski definition) is 4. The van der Waals surface area contributed by atoms with E-state index in [-0.39, 0.29) is 17.4 Å². The van der Waals surface area contributed by atoms with Gasteiger partial charge in [-0.3, -0.25) is 10.1 Å². The molecule has 0 aromatic heterocycles. The number of nitro groups is 1. The number of benzene rings is 1. The molecule has 1 N–H and O–H groups in total. The number of carbonyl (C=O) groups is 1. The van der Waals surface area contributed by atoms with Crippen LogP contribution in [-0.4, -0.2) is 22.1 Å². The Morgan fingerprint density at radius 1 is 1.50 bits per heavy atom. The van der Waals surface area contributed by atoms with Crippen LogP contribution in [0, 0.1) is 17.0 Å². The van der Waals surface area contributed by atoms with Crippen molar-refractivity contribution < 1.29 is 19.6 Å². The Kier molecular flexibility index (Phi) is 3.18. The molecule has 0 aliphatic heterocycles. The second kappa shape index (κ2) is 4.64. The first-order valence-electron chi connectivity index (χ1n) is 5.68. The second-order valence-corrected chi connectivity index (χ2v) is 4.35. The maximum atomic E-state index is 10.9. The fraction of sp³-hybridized carbons (Fsp3) is 0.417. The topological polar surface area (TPSA) is 89.7 Å². The van der Waals surface area contributed by atoms with Crippen LogP contribution >= 0.6 is 0 Å². The van der Waals surface area contributed by atoms with Crippen molar-refractivity contribution in [1.29, 1.82) is 0 Å². The number of nitrogens with zero attached hydrogens (tertiary/aromatic N) is 1. The van der Waals surface area contributed by atoms with Crippen molar-refractivity contribution in [2.24, 2.45) is 0 Å². The molecule has 1 aliphatic carbocycles. The molecule has 0 amide bonds. The predicted octanol–water partition coefficient (Wildman–Crippen LogP) is 2.53. The molecule has 1 aliphatic rings. The SMILES string of the molecule is Cc1c(OC2CCC2)cc(C(=O)O)cc1[N+](=O)[O-]. The van der Waals surface area contributed by atoms with Gasteiger partial charge in [-0.25, -0.2) is 4.79 Å². The smallest absolute Gasteiger partial charge is 0.336 e. The Hall–Kier alpha value is -2.11. The quantitative estimate of drug-likeness (QED) is 0.656. The Labute approximate surface area is 103 Å². The van der Waals surface area contributed by atoms with Crippen molar-refractivity contribution in [2.75, 3.05) is 0 Å². The van der Waals surface area contributed by atoms with Crippen molar-refractivity contribution in [2.45, 2.75) is 32.3 Å². The molecular formula is C12H13NO5. The van der Waals surface area contributed by atoms with E-state index in [2.05, 4.69) is 0 Å².